The lowest BCUT2D eigenvalue weighted by Gasteiger charge is -2.34. The Hall–Kier alpha value is -2.45. The van der Waals surface area contributed by atoms with Gasteiger partial charge in [0.25, 0.3) is 5.56 Å². The van der Waals surface area contributed by atoms with E-state index < -0.39 is 20.5 Å². The Labute approximate surface area is 158 Å². The van der Waals surface area contributed by atoms with E-state index in [9.17, 15) is 18.0 Å². The van der Waals surface area contributed by atoms with Gasteiger partial charge < -0.3 is 15.2 Å². The summed E-state index contributed by atoms with van der Waals surface area (Å²) >= 11 is 0. The number of pyridine rings is 1. The minimum Gasteiger partial charge on any atom is -0.320 e. The second-order valence-electron chi connectivity index (χ2n) is 6.81. The number of carbonyl (C=O) groups excluding carboxylic acids is 1. The molecule has 0 atom stereocenters. The molecule has 0 bridgehead atoms. The smallest absolute Gasteiger partial charge is 0.274 e. The maximum Gasteiger partial charge on any atom is 0.274 e. The van der Waals surface area contributed by atoms with E-state index in [1.165, 1.54) is 10.6 Å². The maximum atomic E-state index is 12.9. The number of anilines is 1. The third kappa shape index (κ3) is 3.96. The molecule has 0 aliphatic carbocycles. The van der Waals surface area contributed by atoms with E-state index >= 15 is 0 Å². The van der Waals surface area contributed by atoms with Crippen molar-refractivity contribution < 1.29 is 13.2 Å². The zero-order valence-electron chi connectivity index (χ0n) is 15.1. The quantitative estimate of drug-likeness (QED) is 0.795. The molecule has 2 N–H and O–H groups in total. The molecule has 7 nitrogen and oxygen atoms in total. The average Bonchev–Trinajstić information content (AvgIpc) is 2.65. The zero-order chi connectivity index (χ0) is 19.5. The van der Waals surface area contributed by atoms with Crippen molar-refractivity contribution in [3.05, 3.63) is 64.6 Å². The molecule has 0 spiro atoms. The van der Waals surface area contributed by atoms with Crippen molar-refractivity contribution in [1.82, 2.24) is 9.88 Å². The molecule has 0 saturated carbocycles. The third-order valence-electron chi connectivity index (χ3n) is 5.00. The molecule has 144 valence electrons. The van der Waals surface area contributed by atoms with Crippen molar-refractivity contribution in [1.29, 1.82) is 0 Å². The van der Waals surface area contributed by atoms with E-state index in [4.69, 9.17) is 0 Å². The summed E-state index contributed by atoms with van der Waals surface area (Å²) < 4.78 is 24.7. The highest BCUT2D eigenvalue weighted by molar-refractivity contribution is 7.92. The Kier molecular flexibility index (Phi) is 5.48. The van der Waals surface area contributed by atoms with Crippen molar-refractivity contribution in [3.8, 4) is 0 Å². The summed E-state index contributed by atoms with van der Waals surface area (Å²) in [6, 6.07) is 12.6. The Balaban J connectivity index is 1.88. The number of benzene rings is 1. The number of rotatable bonds is 5. The topological polar surface area (TPSA) is 97.3 Å². The van der Waals surface area contributed by atoms with Crippen LogP contribution in [0.25, 0.3) is 0 Å². The van der Waals surface area contributed by atoms with E-state index in [1.807, 2.05) is 30.3 Å². The Bertz CT molecular complexity index is 978. The maximum absolute atomic E-state index is 12.9. The second kappa shape index (κ2) is 7.66. The van der Waals surface area contributed by atoms with Gasteiger partial charge in [0.15, 0.2) is 14.6 Å². The number of carbonyl (C=O) groups is 1. The summed E-state index contributed by atoms with van der Waals surface area (Å²) in [6.45, 7) is 1.24. The van der Waals surface area contributed by atoms with Gasteiger partial charge >= 0.3 is 0 Å². The van der Waals surface area contributed by atoms with Crippen LogP contribution in [0.15, 0.2) is 53.5 Å². The summed E-state index contributed by atoms with van der Waals surface area (Å²) in [4.78, 5) is 25.6. The summed E-state index contributed by atoms with van der Waals surface area (Å²) in [5.74, 6) is -0.638. The molecule has 1 aliphatic rings. The van der Waals surface area contributed by atoms with E-state index in [-0.39, 0.29) is 24.1 Å². The second-order valence-corrected chi connectivity index (χ2v) is 9.14. The van der Waals surface area contributed by atoms with Gasteiger partial charge in [-0.1, -0.05) is 30.3 Å². The van der Waals surface area contributed by atoms with Crippen LogP contribution in [0.5, 0.6) is 0 Å². The van der Waals surface area contributed by atoms with Gasteiger partial charge in [-0.2, -0.15) is 0 Å². The number of piperidine rings is 1. The molecule has 1 aromatic carbocycles. The molecule has 8 heteroatoms. The van der Waals surface area contributed by atoms with Gasteiger partial charge in [0, 0.05) is 12.5 Å². The van der Waals surface area contributed by atoms with Crippen molar-refractivity contribution in [3.63, 3.8) is 0 Å². The zero-order valence-corrected chi connectivity index (χ0v) is 16.0. The summed E-state index contributed by atoms with van der Waals surface area (Å²) in [6.07, 6.45) is 3.09. The van der Waals surface area contributed by atoms with E-state index in [0.29, 0.717) is 19.6 Å². The van der Waals surface area contributed by atoms with Gasteiger partial charge in [0.1, 0.15) is 5.69 Å². The van der Waals surface area contributed by atoms with Crippen LogP contribution in [0.2, 0.25) is 0 Å². The third-order valence-corrected chi connectivity index (χ3v) is 7.01. The molecule has 1 aromatic heterocycles. The van der Waals surface area contributed by atoms with Crippen LogP contribution < -0.4 is 16.2 Å². The molecule has 1 fully saturated rings. The standard InChI is InChI=1S/C19H23N3O4S/c1-27(25,26)19(9-11-20-12-10-19)18(24)21-16-8-5-13-22(17(16)23)14-15-6-3-2-4-7-15/h2-8,13,20H,9-12,14H2,1H3,(H,21,24). The predicted molar refractivity (Wildman–Crippen MR) is 105 cm³/mol. The molecule has 3 rings (SSSR count). The molecule has 2 aromatic rings. The Morgan fingerprint density at radius 2 is 1.81 bits per heavy atom. The first-order valence-corrected chi connectivity index (χ1v) is 10.7. The van der Waals surface area contributed by atoms with Gasteiger partial charge in [-0.15, -0.1) is 0 Å². The number of nitrogens with one attached hydrogen (secondary N) is 2. The fraction of sp³-hybridized carbons (Fsp3) is 0.368. The summed E-state index contributed by atoms with van der Waals surface area (Å²) in [5, 5.41) is 5.64. The van der Waals surface area contributed by atoms with Gasteiger partial charge in [-0.05, 0) is 43.6 Å². The van der Waals surface area contributed by atoms with Gasteiger partial charge in [0.2, 0.25) is 5.91 Å². The van der Waals surface area contributed by atoms with Crippen molar-refractivity contribution in [2.75, 3.05) is 24.7 Å². The number of sulfone groups is 1. The first-order chi connectivity index (χ1) is 12.8. The first-order valence-electron chi connectivity index (χ1n) is 8.79. The van der Waals surface area contributed by atoms with Gasteiger partial charge in [-0.3, -0.25) is 9.59 Å². The molecular weight excluding hydrogens is 366 g/mol. The van der Waals surface area contributed by atoms with Gasteiger partial charge in [-0.25, -0.2) is 8.42 Å². The summed E-state index contributed by atoms with van der Waals surface area (Å²) in [7, 11) is -3.64. The lowest BCUT2D eigenvalue weighted by molar-refractivity contribution is -0.119. The van der Waals surface area contributed by atoms with Gasteiger partial charge in [0.05, 0.1) is 6.54 Å². The largest absolute Gasteiger partial charge is 0.320 e. The van der Waals surface area contributed by atoms with Crippen molar-refractivity contribution in [2.45, 2.75) is 24.1 Å². The highest BCUT2D eigenvalue weighted by Gasteiger charge is 2.48. The monoisotopic (exact) mass is 389 g/mol. The van der Waals surface area contributed by atoms with Crippen LogP contribution in [0.4, 0.5) is 5.69 Å². The fourth-order valence-electron chi connectivity index (χ4n) is 3.37. The highest BCUT2D eigenvalue weighted by atomic mass is 32.2. The molecule has 2 heterocycles. The fourth-order valence-corrected chi connectivity index (χ4v) is 4.70. The van der Waals surface area contributed by atoms with Crippen LogP contribution in [-0.2, 0) is 21.2 Å². The molecule has 1 aliphatic heterocycles. The lowest BCUT2D eigenvalue weighted by atomic mass is 9.95. The molecule has 1 amide bonds. The number of hydrogen-bond donors (Lipinski definition) is 2. The van der Waals surface area contributed by atoms with Crippen LogP contribution in [0.3, 0.4) is 0 Å². The van der Waals surface area contributed by atoms with E-state index in [1.54, 1.807) is 12.3 Å². The van der Waals surface area contributed by atoms with Crippen LogP contribution in [-0.4, -0.2) is 43.0 Å². The molecule has 0 radical (unpaired) electrons. The van der Waals surface area contributed by atoms with Crippen LogP contribution in [0, 0.1) is 0 Å². The van der Waals surface area contributed by atoms with Crippen LogP contribution >= 0.6 is 0 Å². The van der Waals surface area contributed by atoms with E-state index in [2.05, 4.69) is 10.6 Å². The normalized spacial score (nSPS) is 16.6. The number of aromatic nitrogens is 1. The average molecular weight is 389 g/mol. The SMILES string of the molecule is CS(=O)(=O)C1(C(=O)Nc2cccn(Cc3ccccc3)c2=O)CCNCC1. The molecular formula is C19H23N3O4S. The lowest BCUT2D eigenvalue weighted by Crippen LogP contribution is -2.55. The van der Waals surface area contributed by atoms with E-state index in [0.717, 1.165) is 11.8 Å². The molecule has 1 saturated heterocycles. The van der Waals surface area contributed by atoms with Crippen molar-refractivity contribution >= 4 is 21.4 Å². The Morgan fingerprint density at radius 3 is 2.44 bits per heavy atom. The molecule has 27 heavy (non-hydrogen) atoms. The Morgan fingerprint density at radius 1 is 1.15 bits per heavy atom. The number of hydrogen-bond acceptors (Lipinski definition) is 5. The number of amides is 1. The minimum atomic E-state index is -3.64. The minimum absolute atomic E-state index is 0.0833. The predicted octanol–water partition coefficient (Wildman–Crippen LogP) is 1.00. The number of nitrogens with zero attached hydrogens (tertiary/aromatic N) is 1. The molecule has 0 unspecified atom stereocenters. The van der Waals surface area contributed by atoms with Crippen molar-refractivity contribution in [2.24, 2.45) is 0 Å². The highest BCUT2D eigenvalue weighted by Crippen LogP contribution is 2.29. The van der Waals surface area contributed by atoms with Crippen LogP contribution in [0.1, 0.15) is 18.4 Å². The first kappa shape index (κ1) is 19.3. The summed E-state index contributed by atoms with van der Waals surface area (Å²) in [5.41, 5.74) is 0.668.